The zero-order valence-electron chi connectivity index (χ0n) is 19.3. The molecule has 0 aromatic rings. The van der Waals surface area contributed by atoms with Gasteiger partial charge in [0, 0.05) is 32.3 Å². The van der Waals surface area contributed by atoms with E-state index in [2.05, 4.69) is 9.80 Å². The van der Waals surface area contributed by atoms with Crippen LogP contribution < -0.4 is 0 Å². The maximum Gasteiger partial charge on any atom is 0.310 e. The van der Waals surface area contributed by atoms with Crippen molar-refractivity contribution in [3.8, 4) is 0 Å². The molecule has 2 heterocycles. The van der Waals surface area contributed by atoms with Gasteiger partial charge in [0.15, 0.2) is 0 Å². The Morgan fingerprint density at radius 1 is 1.00 bits per heavy atom. The van der Waals surface area contributed by atoms with Crippen molar-refractivity contribution in [2.75, 3.05) is 86.5 Å². The minimum Gasteiger partial charge on any atom is -0.449 e. The summed E-state index contributed by atoms with van der Waals surface area (Å²) in [5.74, 6) is -0.605. The summed E-state index contributed by atoms with van der Waals surface area (Å²) < 4.78 is 32.5. The van der Waals surface area contributed by atoms with Gasteiger partial charge in [-0.2, -0.15) is 0 Å². The molecule has 184 valence electrons. The molecule has 0 bridgehead atoms. The summed E-state index contributed by atoms with van der Waals surface area (Å²) in [6.07, 6.45) is 3.51. The Labute approximate surface area is 190 Å². The molecule has 0 amide bonds. The average molecular weight is 459 g/mol. The van der Waals surface area contributed by atoms with E-state index < -0.39 is 0 Å². The van der Waals surface area contributed by atoms with Gasteiger partial charge < -0.3 is 28.4 Å². The molecule has 0 aromatic heterocycles. The van der Waals surface area contributed by atoms with E-state index in [-0.39, 0.29) is 36.5 Å². The van der Waals surface area contributed by atoms with Gasteiger partial charge in [-0.05, 0) is 19.3 Å². The van der Waals surface area contributed by atoms with Gasteiger partial charge in [-0.15, -0.1) is 0 Å². The fourth-order valence-electron chi connectivity index (χ4n) is 4.55. The maximum atomic E-state index is 12.8. The second-order valence-corrected chi connectivity index (χ2v) is 8.66. The molecule has 2 atom stereocenters. The molecule has 1 aliphatic carbocycles. The largest absolute Gasteiger partial charge is 0.449 e. The molecular weight excluding hydrogens is 420 g/mol. The summed E-state index contributed by atoms with van der Waals surface area (Å²) in [5, 5.41) is 0. The third-order valence-electron chi connectivity index (χ3n) is 6.46. The van der Waals surface area contributed by atoms with Crippen LogP contribution in [0.25, 0.3) is 0 Å². The van der Waals surface area contributed by atoms with Gasteiger partial charge in [-0.3, -0.25) is 19.4 Å². The zero-order chi connectivity index (χ0) is 22.7. The van der Waals surface area contributed by atoms with Gasteiger partial charge in [-0.1, -0.05) is 6.42 Å². The molecule has 0 N–H and O–H groups in total. The van der Waals surface area contributed by atoms with E-state index in [1.54, 1.807) is 7.11 Å². The van der Waals surface area contributed by atoms with Crippen LogP contribution in [-0.4, -0.2) is 114 Å². The first kappa shape index (κ1) is 25.3. The average Bonchev–Trinajstić information content (AvgIpc) is 2.82. The van der Waals surface area contributed by atoms with E-state index in [0.29, 0.717) is 65.9 Å². The molecule has 3 fully saturated rings. The lowest BCUT2D eigenvalue weighted by atomic mass is 9.74. The van der Waals surface area contributed by atoms with Crippen molar-refractivity contribution in [1.29, 1.82) is 0 Å². The highest BCUT2D eigenvalue weighted by Crippen LogP contribution is 2.39. The van der Waals surface area contributed by atoms with Crippen molar-refractivity contribution < 1.29 is 38.0 Å². The highest BCUT2D eigenvalue weighted by Gasteiger charge is 2.46. The minimum atomic E-state index is -0.297. The number of ether oxygens (including phenoxy) is 6. The quantitative estimate of drug-likeness (QED) is 0.324. The summed E-state index contributed by atoms with van der Waals surface area (Å²) in [7, 11) is 1.61. The normalized spacial score (nSPS) is 27.3. The van der Waals surface area contributed by atoms with Gasteiger partial charge in [0.1, 0.15) is 13.5 Å². The van der Waals surface area contributed by atoms with E-state index in [0.717, 1.165) is 32.4 Å². The van der Waals surface area contributed by atoms with Crippen molar-refractivity contribution in [1.82, 2.24) is 9.80 Å². The number of hydrogen-bond donors (Lipinski definition) is 0. The molecule has 3 aliphatic rings. The summed E-state index contributed by atoms with van der Waals surface area (Å²) in [5.41, 5.74) is -0.297. The molecule has 0 aromatic carbocycles. The second-order valence-electron chi connectivity index (χ2n) is 8.66. The Balaban J connectivity index is 1.45. The van der Waals surface area contributed by atoms with Gasteiger partial charge in [0.2, 0.25) is 0 Å². The smallest absolute Gasteiger partial charge is 0.310 e. The summed E-state index contributed by atoms with van der Waals surface area (Å²) in [6, 6.07) is 0. The molecule has 32 heavy (non-hydrogen) atoms. The van der Waals surface area contributed by atoms with E-state index in [9.17, 15) is 9.59 Å². The molecule has 1 spiro atoms. The third-order valence-corrected chi connectivity index (χ3v) is 6.46. The van der Waals surface area contributed by atoms with Crippen molar-refractivity contribution in [2.45, 2.75) is 37.6 Å². The van der Waals surface area contributed by atoms with Crippen LogP contribution in [0, 0.1) is 5.92 Å². The third kappa shape index (κ3) is 7.64. The van der Waals surface area contributed by atoms with E-state index in [1.165, 1.54) is 0 Å². The van der Waals surface area contributed by atoms with Crippen LogP contribution in [0.1, 0.15) is 32.1 Å². The molecular formula is C22H38N2O8. The first-order chi connectivity index (χ1) is 15.6. The van der Waals surface area contributed by atoms with E-state index >= 15 is 0 Å². The molecule has 2 aliphatic heterocycles. The Hall–Kier alpha value is -1.30. The van der Waals surface area contributed by atoms with Crippen LogP contribution in [0.3, 0.4) is 0 Å². The fourth-order valence-corrected chi connectivity index (χ4v) is 4.55. The predicted octanol–water partition coefficient (Wildman–Crippen LogP) is 0.634. The number of rotatable bonds is 11. The van der Waals surface area contributed by atoms with Crippen LogP contribution in [0.5, 0.6) is 0 Å². The maximum absolute atomic E-state index is 12.8. The number of nitrogens with zero attached hydrogens (tertiary/aromatic N) is 2. The zero-order valence-corrected chi connectivity index (χ0v) is 19.3. The lowest BCUT2D eigenvalue weighted by Crippen LogP contribution is -2.60. The lowest BCUT2D eigenvalue weighted by molar-refractivity contribution is -0.173. The van der Waals surface area contributed by atoms with Crippen LogP contribution in [0.2, 0.25) is 0 Å². The number of carbonyl (C=O) groups is 2. The molecule has 10 heteroatoms. The van der Waals surface area contributed by atoms with Gasteiger partial charge in [0.05, 0.1) is 58.6 Å². The molecule has 2 saturated heterocycles. The first-order valence-corrected chi connectivity index (χ1v) is 11.6. The number of morpholine rings is 2. The predicted molar refractivity (Wildman–Crippen MR) is 114 cm³/mol. The van der Waals surface area contributed by atoms with Crippen LogP contribution in [0.4, 0.5) is 0 Å². The van der Waals surface area contributed by atoms with Crippen molar-refractivity contribution >= 4 is 11.9 Å². The van der Waals surface area contributed by atoms with Gasteiger partial charge in [0.25, 0.3) is 0 Å². The van der Waals surface area contributed by atoms with Crippen molar-refractivity contribution in [2.24, 2.45) is 5.92 Å². The monoisotopic (exact) mass is 458 g/mol. The lowest BCUT2D eigenvalue weighted by Gasteiger charge is -2.50. The van der Waals surface area contributed by atoms with Gasteiger partial charge in [-0.25, -0.2) is 0 Å². The highest BCUT2D eigenvalue weighted by molar-refractivity contribution is 5.72. The SMILES string of the molecule is COCCOCCC(=O)OCN1CCOCC12CCCC(C(=O)OCN1CCOCC1)C2. The minimum absolute atomic E-state index is 0.147. The Bertz CT molecular complexity index is 582. The van der Waals surface area contributed by atoms with Crippen molar-refractivity contribution in [3.63, 3.8) is 0 Å². The molecule has 2 unspecified atom stereocenters. The van der Waals surface area contributed by atoms with Crippen LogP contribution in [0.15, 0.2) is 0 Å². The van der Waals surface area contributed by atoms with E-state index in [1.807, 2.05) is 0 Å². The Morgan fingerprint density at radius 2 is 1.81 bits per heavy atom. The Kier molecular flexibility index (Phi) is 10.6. The van der Waals surface area contributed by atoms with Crippen LogP contribution >= 0.6 is 0 Å². The number of carbonyl (C=O) groups excluding carboxylic acids is 2. The number of methoxy groups -OCH3 is 1. The molecule has 10 nitrogen and oxygen atoms in total. The Morgan fingerprint density at radius 3 is 2.62 bits per heavy atom. The van der Waals surface area contributed by atoms with Gasteiger partial charge >= 0.3 is 11.9 Å². The van der Waals surface area contributed by atoms with E-state index in [4.69, 9.17) is 28.4 Å². The highest BCUT2D eigenvalue weighted by atomic mass is 16.6. The summed E-state index contributed by atoms with van der Waals surface area (Å²) in [4.78, 5) is 29.2. The topological polar surface area (TPSA) is 96.0 Å². The fraction of sp³-hybridized carbons (Fsp3) is 0.909. The van der Waals surface area contributed by atoms with Crippen LogP contribution in [-0.2, 0) is 38.0 Å². The number of esters is 2. The number of hydrogen-bond acceptors (Lipinski definition) is 10. The molecule has 1 saturated carbocycles. The molecule has 3 rings (SSSR count). The second kappa shape index (κ2) is 13.4. The first-order valence-electron chi connectivity index (χ1n) is 11.6. The summed E-state index contributed by atoms with van der Waals surface area (Å²) in [6.45, 7) is 6.51. The summed E-state index contributed by atoms with van der Waals surface area (Å²) >= 11 is 0. The standard InChI is InChI=1S/C22H38N2O8/c1-27-13-14-28-9-4-20(25)31-18-24-8-12-30-16-22(24)5-2-3-19(15-22)21(26)32-17-23-6-10-29-11-7-23/h19H,2-18H2,1H3. The van der Waals surface area contributed by atoms with Crippen molar-refractivity contribution in [3.05, 3.63) is 0 Å². The molecule has 0 radical (unpaired) electrons.